The fourth-order valence-corrected chi connectivity index (χ4v) is 4.49. The van der Waals surface area contributed by atoms with Gasteiger partial charge in [0.15, 0.2) is 0 Å². The third kappa shape index (κ3) is 4.76. The first-order valence-corrected chi connectivity index (χ1v) is 9.25. The van der Waals surface area contributed by atoms with E-state index in [4.69, 9.17) is 0 Å². The first-order valence-electron chi connectivity index (χ1n) is 9.25. The molecule has 0 unspecified atom stereocenters. The smallest absolute Gasteiger partial charge is 0.00698 e. The second-order valence-electron chi connectivity index (χ2n) is 8.59. The van der Waals surface area contributed by atoms with Crippen molar-refractivity contribution in [1.82, 2.24) is 5.32 Å². The molecule has 1 heteroatoms. The van der Waals surface area contributed by atoms with Gasteiger partial charge in [0.1, 0.15) is 0 Å². The summed E-state index contributed by atoms with van der Waals surface area (Å²) in [6.07, 6.45) is 14.4. The van der Waals surface area contributed by atoms with Gasteiger partial charge in [-0.1, -0.05) is 40.5 Å². The van der Waals surface area contributed by atoms with Gasteiger partial charge in [0.25, 0.3) is 0 Å². The van der Waals surface area contributed by atoms with Crippen LogP contribution in [0.1, 0.15) is 91.9 Å². The number of rotatable bonds is 4. The molecule has 0 atom stereocenters. The average molecular weight is 280 g/mol. The molecule has 1 N–H and O–H groups in total. The van der Waals surface area contributed by atoms with Gasteiger partial charge in [-0.25, -0.2) is 0 Å². The Morgan fingerprint density at radius 3 is 1.75 bits per heavy atom. The second-order valence-corrected chi connectivity index (χ2v) is 8.59. The van der Waals surface area contributed by atoms with Crippen molar-refractivity contribution >= 4 is 0 Å². The van der Waals surface area contributed by atoms with Gasteiger partial charge in [0.2, 0.25) is 0 Å². The van der Waals surface area contributed by atoms with Crippen LogP contribution in [-0.2, 0) is 0 Å². The van der Waals surface area contributed by atoms with Crippen molar-refractivity contribution in [3.63, 3.8) is 0 Å². The molecule has 0 saturated heterocycles. The highest BCUT2D eigenvalue weighted by molar-refractivity contribution is 4.86. The third-order valence-electron chi connectivity index (χ3n) is 5.97. The molecule has 0 aromatic heterocycles. The molecule has 2 fully saturated rings. The zero-order chi connectivity index (χ0) is 14.6. The molecule has 2 rings (SSSR count). The summed E-state index contributed by atoms with van der Waals surface area (Å²) in [6, 6.07) is 1.65. The Morgan fingerprint density at radius 1 is 0.800 bits per heavy atom. The largest absolute Gasteiger partial charge is 0.311 e. The van der Waals surface area contributed by atoms with Crippen molar-refractivity contribution in [2.45, 2.75) is 104 Å². The summed E-state index contributed by atoms with van der Waals surface area (Å²) in [4.78, 5) is 0. The van der Waals surface area contributed by atoms with Gasteiger partial charge in [-0.15, -0.1) is 0 Å². The lowest BCUT2D eigenvalue weighted by Crippen LogP contribution is -2.43. The monoisotopic (exact) mass is 279 g/mol. The van der Waals surface area contributed by atoms with Crippen LogP contribution in [0.4, 0.5) is 0 Å². The number of hydrogen-bond donors (Lipinski definition) is 1. The predicted molar refractivity (Wildman–Crippen MR) is 89.0 cm³/mol. The van der Waals surface area contributed by atoms with Crippen molar-refractivity contribution in [1.29, 1.82) is 0 Å². The van der Waals surface area contributed by atoms with Crippen LogP contribution < -0.4 is 5.32 Å². The second kappa shape index (κ2) is 7.29. The van der Waals surface area contributed by atoms with Gasteiger partial charge < -0.3 is 5.32 Å². The van der Waals surface area contributed by atoms with E-state index in [-0.39, 0.29) is 0 Å². The highest BCUT2D eigenvalue weighted by Gasteiger charge is 2.31. The molecule has 2 aliphatic rings. The molecule has 0 amide bonds. The van der Waals surface area contributed by atoms with E-state index in [1.807, 2.05) is 0 Å². The Hall–Kier alpha value is -0.0400. The van der Waals surface area contributed by atoms with Crippen LogP contribution >= 0.6 is 0 Å². The molecule has 0 aromatic carbocycles. The lowest BCUT2D eigenvalue weighted by Gasteiger charge is -2.39. The third-order valence-corrected chi connectivity index (χ3v) is 5.97. The van der Waals surface area contributed by atoms with Gasteiger partial charge in [-0.3, -0.25) is 0 Å². The molecule has 1 nitrogen and oxygen atoms in total. The van der Waals surface area contributed by atoms with Gasteiger partial charge in [0.05, 0.1) is 0 Å². The topological polar surface area (TPSA) is 12.0 Å². The van der Waals surface area contributed by atoms with Crippen molar-refractivity contribution in [3.05, 3.63) is 0 Å². The first kappa shape index (κ1) is 16.3. The molecule has 0 heterocycles. The van der Waals surface area contributed by atoms with E-state index >= 15 is 0 Å². The molecule has 0 spiro atoms. The summed E-state index contributed by atoms with van der Waals surface area (Å²) >= 11 is 0. The summed E-state index contributed by atoms with van der Waals surface area (Å²) < 4.78 is 0. The van der Waals surface area contributed by atoms with Gasteiger partial charge in [0, 0.05) is 12.1 Å². The van der Waals surface area contributed by atoms with Gasteiger partial charge in [-0.05, 0) is 68.6 Å². The maximum atomic E-state index is 3.99. The summed E-state index contributed by atoms with van der Waals surface area (Å²) in [5, 5.41) is 3.99. The standard InChI is InChI=1S/C19H37N/c1-5-6-15-7-11-17(12-8-15)20-18-13-9-16(10-14-18)19(2,3)4/h15-18,20H,5-14H2,1-4H3. The van der Waals surface area contributed by atoms with Crippen molar-refractivity contribution < 1.29 is 0 Å². The molecular weight excluding hydrogens is 242 g/mol. The highest BCUT2D eigenvalue weighted by Crippen LogP contribution is 2.38. The van der Waals surface area contributed by atoms with E-state index in [0.717, 1.165) is 23.9 Å². The zero-order valence-corrected chi connectivity index (χ0v) is 14.4. The quantitative estimate of drug-likeness (QED) is 0.712. The van der Waals surface area contributed by atoms with E-state index in [1.54, 1.807) is 0 Å². The fourth-order valence-electron chi connectivity index (χ4n) is 4.49. The van der Waals surface area contributed by atoms with Gasteiger partial charge in [-0.2, -0.15) is 0 Å². The maximum Gasteiger partial charge on any atom is 0.00698 e. The minimum Gasteiger partial charge on any atom is -0.311 e. The van der Waals surface area contributed by atoms with Crippen LogP contribution in [0.3, 0.4) is 0 Å². The zero-order valence-electron chi connectivity index (χ0n) is 14.4. The van der Waals surface area contributed by atoms with Crippen molar-refractivity contribution in [2.75, 3.05) is 0 Å². The lowest BCUT2D eigenvalue weighted by atomic mass is 9.71. The Labute approximate surface area is 127 Å². The molecule has 0 aromatic rings. The minimum atomic E-state index is 0.517. The summed E-state index contributed by atoms with van der Waals surface area (Å²) in [5.41, 5.74) is 0.517. The number of hydrogen-bond acceptors (Lipinski definition) is 1. The highest BCUT2D eigenvalue weighted by atomic mass is 15.0. The van der Waals surface area contributed by atoms with E-state index in [1.165, 1.54) is 64.2 Å². The molecule has 0 bridgehead atoms. The Morgan fingerprint density at radius 2 is 1.30 bits per heavy atom. The van der Waals surface area contributed by atoms with E-state index in [0.29, 0.717) is 5.41 Å². The van der Waals surface area contributed by atoms with Crippen LogP contribution in [0.15, 0.2) is 0 Å². The predicted octanol–water partition coefficient (Wildman–Crippen LogP) is 5.54. The Bertz CT molecular complexity index is 262. The van der Waals surface area contributed by atoms with Gasteiger partial charge >= 0.3 is 0 Å². The molecule has 2 aliphatic carbocycles. The van der Waals surface area contributed by atoms with E-state index in [2.05, 4.69) is 33.0 Å². The van der Waals surface area contributed by atoms with Crippen LogP contribution in [0.5, 0.6) is 0 Å². The average Bonchev–Trinajstić information content (AvgIpc) is 2.41. The SMILES string of the molecule is CCCC1CCC(NC2CCC(C(C)(C)C)CC2)CC1. The molecule has 20 heavy (non-hydrogen) atoms. The fraction of sp³-hybridized carbons (Fsp3) is 1.00. The lowest BCUT2D eigenvalue weighted by molar-refractivity contribution is 0.149. The van der Waals surface area contributed by atoms with Crippen LogP contribution in [0.2, 0.25) is 0 Å². The molecule has 0 radical (unpaired) electrons. The van der Waals surface area contributed by atoms with Crippen LogP contribution in [0, 0.1) is 17.3 Å². The molecule has 0 aliphatic heterocycles. The first-order chi connectivity index (χ1) is 9.49. The number of nitrogens with one attached hydrogen (secondary N) is 1. The summed E-state index contributed by atoms with van der Waals surface area (Å²) in [7, 11) is 0. The van der Waals surface area contributed by atoms with Crippen LogP contribution in [-0.4, -0.2) is 12.1 Å². The summed E-state index contributed by atoms with van der Waals surface area (Å²) in [6.45, 7) is 9.58. The van der Waals surface area contributed by atoms with Crippen molar-refractivity contribution in [2.24, 2.45) is 17.3 Å². The van der Waals surface area contributed by atoms with E-state index < -0.39 is 0 Å². The Kier molecular flexibility index (Phi) is 5.95. The van der Waals surface area contributed by atoms with E-state index in [9.17, 15) is 0 Å². The molecule has 2 saturated carbocycles. The summed E-state index contributed by atoms with van der Waals surface area (Å²) in [5.74, 6) is 1.98. The minimum absolute atomic E-state index is 0.517. The maximum absolute atomic E-state index is 3.99. The van der Waals surface area contributed by atoms with Crippen LogP contribution in [0.25, 0.3) is 0 Å². The molecular formula is C19H37N. The molecule has 118 valence electrons. The Balaban J connectivity index is 1.66. The van der Waals surface area contributed by atoms with Crippen molar-refractivity contribution in [3.8, 4) is 0 Å². The normalized spacial score (nSPS) is 36.0.